The van der Waals surface area contributed by atoms with Gasteiger partial charge in [-0.15, -0.1) is 0 Å². The van der Waals surface area contributed by atoms with E-state index in [1.807, 2.05) is 5.32 Å². The van der Waals surface area contributed by atoms with Crippen molar-refractivity contribution in [1.82, 2.24) is 15.5 Å². The van der Waals surface area contributed by atoms with E-state index in [0.717, 1.165) is 4.90 Å². The Morgan fingerprint density at radius 2 is 1.95 bits per heavy atom. The molecule has 1 aliphatic rings. The zero-order valence-electron chi connectivity index (χ0n) is 10.5. The third kappa shape index (κ3) is 3.67. The fourth-order valence-electron chi connectivity index (χ4n) is 1.60. The quantitative estimate of drug-likeness (QED) is 0.425. The Hall–Kier alpha value is -2.65. The van der Waals surface area contributed by atoms with E-state index in [9.17, 15) is 24.0 Å². The molecule has 4 amide bonds. The van der Waals surface area contributed by atoms with Crippen LogP contribution in [0.4, 0.5) is 4.79 Å². The second kappa shape index (κ2) is 5.99. The Bertz CT molecular complexity index is 467. The molecule has 1 fully saturated rings. The molecule has 10 nitrogen and oxygen atoms in total. The number of nitrogens with zero attached hydrogens (tertiary/aromatic N) is 1. The Labute approximate surface area is 112 Å². The number of rotatable bonds is 5. The smallest absolute Gasteiger partial charge is 0.326 e. The van der Waals surface area contributed by atoms with Gasteiger partial charge in [0.15, 0.2) is 0 Å². The zero-order valence-corrected chi connectivity index (χ0v) is 10.5. The van der Waals surface area contributed by atoms with Gasteiger partial charge in [0, 0.05) is 7.05 Å². The lowest BCUT2D eigenvalue weighted by molar-refractivity contribution is -0.145. The van der Waals surface area contributed by atoms with Gasteiger partial charge in [0.1, 0.15) is 12.1 Å². The second-order valence-electron chi connectivity index (χ2n) is 4.15. The van der Waals surface area contributed by atoms with Gasteiger partial charge in [-0.25, -0.2) is 9.59 Å². The normalized spacial score (nSPS) is 19.6. The molecule has 0 aromatic heterocycles. The Morgan fingerprint density at radius 3 is 2.35 bits per heavy atom. The van der Waals surface area contributed by atoms with Crippen molar-refractivity contribution in [3.05, 3.63) is 0 Å². The molecule has 4 N–H and O–H groups in total. The van der Waals surface area contributed by atoms with E-state index in [1.54, 1.807) is 0 Å². The lowest BCUT2D eigenvalue weighted by atomic mass is 10.2. The summed E-state index contributed by atoms with van der Waals surface area (Å²) in [6.07, 6.45) is -1.03. The summed E-state index contributed by atoms with van der Waals surface area (Å²) in [6.45, 7) is 0. The number of imide groups is 1. The maximum absolute atomic E-state index is 11.5. The van der Waals surface area contributed by atoms with Gasteiger partial charge in [-0.2, -0.15) is 0 Å². The maximum atomic E-state index is 11.5. The van der Waals surface area contributed by atoms with Crippen LogP contribution in [0.2, 0.25) is 0 Å². The summed E-state index contributed by atoms with van der Waals surface area (Å²) < 4.78 is 0. The Balaban J connectivity index is 2.58. The van der Waals surface area contributed by atoms with Gasteiger partial charge >= 0.3 is 18.0 Å². The molecule has 0 aromatic rings. The highest BCUT2D eigenvalue weighted by Crippen LogP contribution is 2.10. The number of hydrogen-bond acceptors (Lipinski definition) is 5. The van der Waals surface area contributed by atoms with Gasteiger partial charge in [-0.3, -0.25) is 19.3 Å². The minimum absolute atomic E-state index is 0.223. The lowest BCUT2D eigenvalue weighted by Crippen LogP contribution is -2.51. The van der Waals surface area contributed by atoms with Crippen LogP contribution in [0.5, 0.6) is 0 Å². The molecule has 20 heavy (non-hydrogen) atoms. The van der Waals surface area contributed by atoms with Crippen LogP contribution in [0.1, 0.15) is 12.8 Å². The van der Waals surface area contributed by atoms with Crippen molar-refractivity contribution in [3.63, 3.8) is 0 Å². The van der Waals surface area contributed by atoms with Gasteiger partial charge < -0.3 is 20.8 Å². The van der Waals surface area contributed by atoms with Gasteiger partial charge in [-0.05, 0) is 0 Å². The number of likely N-dealkylation sites (N-methyl/N-ethyl adjacent to an activating group) is 1. The number of carbonyl (C=O) groups excluding carboxylic acids is 3. The first-order chi connectivity index (χ1) is 9.22. The maximum Gasteiger partial charge on any atom is 0.326 e. The van der Waals surface area contributed by atoms with E-state index in [4.69, 9.17) is 10.2 Å². The molecule has 10 heteroatoms. The van der Waals surface area contributed by atoms with E-state index in [1.165, 1.54) is 7.05 Å². The number of carboxylic acids is 2. The summed E-state index contributed by atoms with van der Waals surface area (Å²) in [7, 11) is 1.26. The molecule has 2 atom stereocenters. The first-order valence-corrected chi connectivity index (χ1v) is 5.54. The zero-order chi connectivity index (χ0) is 15.4. The lowest BCUT2D eigenvalue weighted by Gasteiger charge is -2.15. The van der Waals surface area contributed by atoms with Crippen molar-refractivity contribution < 1.29 is 34.2 Å². The van der Waals surface area contributed by atoms with E-state index in [-0.39, 0.29) is 6.42 Å². The molecule has 110 valence electrons. The molecule has 1 heterocycles. The van der Waals surface area contributed by atoms with Crippen molar-refractivity contribution in [1.29, 1.82) is 0 Å². The monoisotopic (exact) mass is 287 g/mol. The van der Waals surface area contributed by atoms with Crippen LogP contribution in [0.15, 0.2) is 0 Å². The van der Waals surface area contributed by atoms with Crippen molar-refractivity contribution in [2.24, 2.45) is 0 Å². The third-order valence-electron chi connectivity index (χ3n) is 2.67. The third-order valence-corrected chi connectivity index (χ3v) is 2.67. The highest BCUT2D eigenvalue weighted by molar-refractivity contribution is 6.06. The average Bonchev–Trinajstić information content (AvgIpc) is 2.55. The van der Waals surface area contributed by atoms with Crippen molar-refractivity contribution in [2.45, 2.75) is 24.9 Å². The number of carbonyl (C=O) groups is 5. The predicted molar refractivity (Wildman–Crippen MR) is 61.5 cm³/mol. The van der Waals surface area contributed by atoms with Gasteiger partial charge in [-0.1, -0.05) is 0 Å². The summed E-state index contributed by atoms with van der Waals surface area (Å²) in [4.78, 5) is 56.2. The Morgan fingerprint density at radius 1 is 1.35 bits per heavy atom. The summed E-state index contributed by atoms with van der Waals surface area (Å²) >= 11 is 0. The summed E-state index contributed by atoms with van der Waals surface area (Å²) in [6, 6.07) is -3.73. The first-order valence-electron chi connectivity index (χ1n) is 5.54. The molecule has 0 spiro atoms. The van der Waals surface area contributed by atoms with E-state index >= 15 is 0 Å². The SMILES string of the molecule is CN1C(=O)CC(NC(=O)N[C@H](CC(=O)O)C(=O)O)C1=O. The minimum atomic E-state index is -1.63. The predicted octanol–water partition coefficient (Wildman–Crippen LogP) is -2.03. The number of aliphatic carboxylic acids is 2. The van der Waals surface area contributed by atoms with Crippen molar-refractivity contribution in [2.75, 3.05) is 7.05 Å². The first kappa shape index (κ1) is 15.4. The van der Waals surface area contributed by atoms with Gasteiger partial charge in [0.25, 0.3) is 5.91 Å². The highest BCUT2D eigenvalue weighted by atomic mass is 16.4. The number of carboxylic acid groups (broad SMARTS) is 2. The molecular formula is C10H13N3O7. The van der Waals surface area contributed by atoms with Gasteiger partial charge in [0.2, 0.25) is 5.91 Å². The molecule has 0 aliphatic carbocycles. The molecule has 1 rings (SSSR count). The number of hydrogen-bond donors (Lipinski definition) is 4. The van der Waals surface area contributed by atoms with Crippen LogP contribution < -0.4 is 10.6 Å². The molecular weight excluding hydrogens is 274 g/mol. The van der Waals surface area contributed by atoms with E-state index in [0.29, 0.717) is 0 Å². The van der Waals surface area contributed by atoms with Gasteiger partial charge in [0.05, 0.1) is 12.8 Å². The molecule has 1 unspecified atom stereocenters. The summed E-state index contributed by atoms with van der Waals surface area (Å²) in [5, 5.41) is 21.3. The molecule has 1 aliphatic heterocycles. The molecule has 0 radical (unpaired) electrons. The van der Waals surface area contributed by atoms with Crippen LogP contribution in [0, 0.1) is 0 Å². The second-order valence-corrected chi connectivity index (χ2v) is 4.15. The minimum Gasteiger partial charge on any atom is -0.481 e. The highest BCUT2D eigenvalue weighted by Gasteiger charge is 2.37. The van der Waals surface area contributed by atoms with Crippen molar-refractivity contribution >= 4 is 29.8 Å². The van der Waals surface area contributed by atoms with E-state index in [2.05, 4.69) is 5.32 Å². The number of nitrogens with one attached hydrogen (secondary N) is 2. The van der Waals surface area contributed by atoms with E-state index < -0.39 is 48.3 Å². The number of urea groups is 1. The summed E-state index contributed by atoms with van der Waals surface area (Å²) in [5.41, 5.74) is 0. The van der Waals surface area contributed by atoms with Crippen LogP contribution in [0.25, 0.3) is 0 Å². The van der Waals surface area contributed by atoms with Crippen LogP contribution in [-0.2, 0) is 19.2 Å². The molecule has 0 aromatic carbocycles. The summed E-state index contributed by atoms with van der Waals surface area (Å²) in [5.74, 6) is -4.01. The fourth-order valence-corrected chi connectivity index (χ4v) is 1.60. The number of amides is 4. The largest absolute Gasteiger partial charge is 0.481 e. The Kier molecular flexibility index (Phi) is 4.62. The van der Waals surface area contributed by atoms with Crippen molar-refractivity contribution in [3.8, 4) is 0 Å². The van der Waals surface area contributed by atoms with Crippen LogP contribution in [0.3, 0.4) is 0 Å². The topological polar surface area (TPSA) is 153 Å². The fraction of sp³-hybridized carbons (Fsp3) is 0.500. The molecule has 0 saturated carbocycles. The standard InChI is InChI=1S/C10H13N3O7/c1-13-6(14)2-4(8(13)17)11-10(20)12-5(9(18)19)3-7(15)16/h4-5H,2-3H2,1H3,(H,15,16)(H,18,19)(H2,11,12,20)/t4?,5-/m1/s1. The molecule has 0 bridgehead atoms. The van der Waals surface area contributed by atoms with Crippen LogP contribution >= 0.6 is 0 Å². The van der Waals surface area contributed by atoms with Crippen LogP contribution in [-0.4, -0.2) is 64.0 Å². The molecule has 1 saturated heterocycles. The number of likely N-dealkylation sites (tertiary alicyclic amines) is 1. The average molecular weight is 287 g/mol.